The van der Waals surface area contributed by atoms with Gasteiger partial charge in [-0.15, -0.1) is 0 Å². The van der Waals surface area contributed by atoms with Gasteiger partial charge in [-0.2, -0.15) is 11.8 Å². The highest BCUT2D eigenvalue weighted by Crippen LogP contribution is 2.28. The van der Waals surface area contributed by atoms with Gasteiger partial charge >= 0.3 is 6.03 Å². The van der Waals surface area contributed by atoms with Crippen molar-refractivity contribution in [2.24, 2.45) is 0 Å². The Kier molecular flexibility index (Phi) is 6.17. The minimum Gasteiger partial charge on any atom is -0.361 e. The van der Waals surface area contributed by atoms with Crippen LogP contribution in [0.25, 0.3) is 0 Å². The summed E-state index contributed by atoms with van der Waals surface area (Å²) in [6.45, 7) is 7.93. The highest BCUT2D eigenvalue weighted by atomic mass is 32.2. The monoisotopic (exact) mass is 325 g/mol. The van der Waals surface area contributed by atoms with Crippen LogP contribution in [0.1, 0.15) is 62.6 Å². The zero-order valence-corrected chi connectivity index (χ0v) is 14.8. The van der Waals surface area contributed by atoms with Crippen molar-refractivity contribution in [3.05, 3.63) is 17.0 Å². The van der Waals surface area contributed by atoms with E-state index in [0.29, 0.717) is 5.25 Å². The van der Waals surface area contributed by atoms with Gasteiger partial charge in [-0.05, 0) is 45.8 Å². The van der Waals surface area contributed by atoms with E-state index < -0.39 is 0 Å². The van der Waals surface area contributed by atoms with E-state index in [0.717, 1.165) is 35.6 Å². The fourth-order valence-electron chi connectivity index (χ4n) is 3.27. The Labute approximate surface area is 137 Å². The molecule has 0 radical (unpaired) electrons. The molecule has 1 aromatic heterocycles. The summed E-state index contributed by atoms with van der Waals surface area (Å²) in [5.74, 6) is 1.91. The van der Waals surface area contributed by atoms with E-state index in [-0.39, 0.29) is 18.1 Å². The lowest BCUT2D eigenvalue weighted by molar-refractivity contribution is 0.230. The van der Waals surface area contributed by atoms with E-state index in [1.54, 1.807) is 0 Å². The third-order valence-corrected chi connectivity index (χ3v) is 5.47. The third kappa shape index (κ3) is 4.41. The van der Waals surface area contributed by atoms with Gasteiger partial charge in [0.15, 0.2) is 0 Å². The lowest BCUT2D eigenvalue weighted by Crippen LogP contribution is -2.45. The molecule has 0 aliphatic heterocycles. The molecule has 2 N–H and O–H groups in total. The summed E-state index contributed by atoms with van der Waals surface area (Å²) in [5, 5.41) is 10.8. The Balaban J connectivity index is 1.85. The van der Waals surface area contributed by atoms with Crippen molar-refractivity contribution in [2.75, 3.05) is 5.75 Å². The molecule has 124 valence electrons. The summed E-state index contributed by atoms with van der Waals surface area (Å²) in [7, 11) is 0. The van der Waals surface area contributed by atoms with E-state index in [2.05, 4.69) is 22.7 Å². The van der Waals surface area contributed by atoms with Crippen molar-refractivity contribution in [1.82, 2.24) is 15.8 Å². The lowest BCUT2D eigenvalue weighted by atomic mass is 9.95. The van der Waals surface area contributed by atoms with Crippen LogP contribution >= 0.6 is 11.8 Å². The van der Waals surface area contributed by atoms with Crippen LogP contribution in [0.4, 0.5) is 4.79 Å². The first-order valence-corrected chi connectivity index (χ1v) is 9.17. The lowest BCUT2D eigenvalue weighted by Gasteiger charge is -2.29. The summed E-state index contributed by atoms with van der Waals surface area (Å²) in [5.41, 5.74) is 1.81. The van der Waals surface area contributed by atoms with Gasteiger partial charge in [-0.3, -0.25) is 0 Å². The molecule has 0 spiro atoms. The molecule has 0 saturated heterocycles. The Hall–Kier alpha value is -1.17. The Bertz CT molecular complexity index is 482. The van der Waals surface area contributed by atoms with E-state index >= 15 is 0 Å². The second-order valence-electron chi connectivity index (χ2n) is 6.02. The number of hydrogen-bond donors (Lipinski definition) is 2. The molecular formula is C16H27N3O2S. The molecule has 1 aliphatic carbocycles. The Morgan fingerprint density at radius 1 is 1.45 bits per heavy atom. The van der Waals surface area contributed by atoms with E-state index in [1.165, 1.54) is 12.8 Å². The van der Waals surface area contributed by atoms with Gasteiger partial charge in [0, 0.05) is 16.9 Å². The number of hydrogen-bond acceptors (Lipinski definition) is 4. The molecule has 0 unspecified atom stereocenters. The third-order valence-electron chi connectivity index (χ3n) is 4.23. The van der Waals surface area contributed by atoms with Crippen molar-refractivity contribution < 1.29 is 9.32 Å². The Morgan fingerprint density at radius 2 is 2.23 bits per heavy atom. The average Bonchev–Trinajstić information content (AvgIpc) is 2.78. The summed E-state index contributed by atoms with van der Waals surface area (Å²) in [6.07, 6.45) is 4.62. The van der Waals surface area contributed by atoms with E-state index in [4.69, 9.17) is 4.52 Å². The number of urea groups is 1. The zero-order valence-electron chi connectivity index (χ0n) is 13.9. The number of aryl methyl sites for hydroxylation is 2. The number of thioether (sulfide) groups is 1. The number of amides is 2. The predicted molar refractivity (Wildman–Crippen MR) is 90.2 cm³/mol. The summed E-state index contributed by atoms with van der Waals surface area (Å²) in [4.78, 5) is 12.2. The van der Waals surface area contributed by atoms with Crippen LogP contribution in [0.3, 0.4) is 0 Å². The van der Waals surface area contributed by atoms with E-state index in [9.17, 15) is 4.79 Å². The van der Waals surface area contributed by atoms with Gasteiger partial charge < -0.3 is 15.2 Å². The maximum Gasteiger partial charge on any atom is 0.315 e. The van der Waals surface area contributed by atoms with Crippen molar-refractivity contribution in [3.63, 3.8) is 0 Å². The normalized spacial score (nSPS) is 23.1. The van der Waals surface area contributed by atoms with Gasteiger partial charge in [-0.1, -0.05) is 18.5 Å². The first-order chi connectivity index (χ1) is 10.5. The fourth-order valence-corrected chi connectivity index (χ4v) is 4.44. The molecule has 6 heteroatoms. The number of rotatable bonds is 5. The molecule has 0 aromatic carbocycles. The molecular weight excluding hydrogens is 298 g/mol. The standard InChI is InChI=1S/C16H27N3O2S/c1-5-22-14-8-6-7-13(9-14)18-16(20)17-10(2)15-11(3)19-21-12(15)4/h10,13-14H,5-9H2,1-4H3,(H2,17,18,20)/t10-,13+,14+/m0/s1. The summed E-state index contributed by atoms with van der Waals surface area (Å²) >= 11 is 2.01. The molecule has 1 aromatic rings. The maximum absolute atomic E-state index is 12.2. The van der Waals surface area contributed by atoms with Crippen LogP contribution in [0, 0.1) is 13.8 Å². The summed E-state index contributed by atoms with van der Waals surface area (Å²) in [6, 6.07) is 0.0879. The first-order valence-electron chi connectivity index (χ1n) is 8.12. The fraction of sp³-hybridized carbons (Fsp3) is 0.750. The van der Waals surface area contributed by atoms with Crippen LogP contribution < -0.4 is 10.6 Å². The minimum absolute atomic E-state index is 0.0975. The maximum atomic E-state index is 12.2. The van der Waals surface area contributed by atoms with Crippen molar-refractivity contribution >= 4 is 17.8 Å². The minimum atomic E-state index is -0.101. The molecule has 1 saturated carbocycles. The molecule has 1 fully saturated rings. The molecule has 2 amide bonds. The van der Waals surface area contributed by atoms with Crippen molar-refractivity contribution in [1.29, 1.82) is 0 Å². The van der Waals surface area contributed by atoms with Crippen LogP contribution in [-0.2, 0) is 0 Å². The van der Waals surface area contributed by atoms with Gasteiger partial charge in [0.1, 0.15) is 5.76 Å². The molecule has 5 nitrogen and oxygen atoms in total. The zero-order chi connectivity index (χ0) is 16.1. The number of nitrogens with zero attached hydrogens (tertiary/aromatic N) is 1. The van der Waals surface area contributed by atoms with Gasteiger partial charge in [-0.25, -0.2) is 4.79 Å². The van der Waals surface area contributed by atoms with Crippen molar-refractivity contribution in [2.45, 2.75) is 70.7 Å². The Morgan fingerprint density at radius 3 is 2.86 bits per heavy atom. The van der Waals surface area contributed by atoms with Gasteiger partial charge in [0.05, 0.1) is 11.7 Å². The number of carbonyl (C=O) groups excluding carboxylic acids is 1. The highest BCUT2D eigenvalue weighted by molar-refractivity contribution is 7.99. The van der Waals surface area contributed by atoms with E-state index in [1.807, 2.05) is 32.5 Å². The molecule has 1 heterocycles. The molecule has 3 atom stereocenters. The first kappa shape index (κ1) is 17.2. The van der Waals surface area contributed by atoms with Gasteiger partial charge in [0.2, 0.25) is 0 Å². The number of carbonyl (C=O) groups is 1. The van der Waals surface area contributed by atoms with Crippen molar-refractivity contribution in [3.8, 4) is 0 Å². The van der Waals surface area contributed by atoms with Crippen LogP contribution in [-0.4, -0.2) is 28.2 Å². The number of nitrogens with one attached hydrogen (secondary N) is 2. The smallest absolute Gasteiger partial charge is 0.315 e. The second-order valence-corrected chi connectivity index (χ2v) is 7.60. The largest absolute Gasteiger partial charge is 0.361 e. The molecule has 1 aliphatic rings. The molecule has 2 rings (SSSR count). The van der Waals surface area contributed by atoms with Crippen LogP contribution in [0.2, 0.25) is 0 Å². The van der Waals surface area contributed by atoms with Gasteiger partial charge in [0.25, 0.3) is 0 Å². The SMILES string of the molecule is CCS[C@@H]1CCC[C@@H](NC(=O)N[C@@H](C)c2c(C)noc2C)C1. The predicted octanol–water partition coefficient (Wildman–Crippen LogP) is 3.72. The molecule has 22 heavy (non-hydrogen) atoms. The number of aromatic nitrogens is 1. The summed E-state index contributed by atoms with van der Waals surface area (Å²) < 4.78 is 5.16. The highest BCUT2D eigenvalue weighted by Gasteiger charge is 2.24. The molecule has 0 bridgehead atoms. The van der Waals surface area contributed by atoms with Crippen LogP contribution in [0.15, 0.2) is 4.52 Å². The second kappa shape index (κ2) is 7.90. The topological polar surface area (TPSA) is 67.2 Å². The van der Waals surface area contributed by atoms with Crippen LogP contribution in [0.5, 0.6) is 0 Å². The quantitative estimate of drug-likeness (QED) is 0.866. The average molecular weight is 325 g/mol.